The fraction of sp³-hybridized carbons (Fsp3) is 0.769. The quantitative estimate of drug-likeness (QED) is 0.860. The first-order valence-electron chi connectivity index (χ1n) is 6.18. The molecule has 3 heteroatoms. The van der Waals surface area contributed by atoms with Gasteiger partial charge in [-0.1, -0.05) is 20.8 Å². The Kier molecular flexibility index (Phi) is 3.36. The van der Waals surface area contributed by atoms with Gasteiger partial charge in [-0.2, -0.15) is 0 Å². The number of hydrogen-bond acceptors (Lipinski definition) is 3. The van der Waals surface area contributed by atoms with Gasteiger partial charge in [0.1, 0.15) is 0 Å². The van der Waals surface area contributed by atoms with E-state index in [4.69, 9.17) is 10.7 Å². The van der Waals surface area contributed by atoms with Crippen LogP contribution in [0.15, 0.2) is 0 Å². The number of thiazole rings is 1. The molecule has 1 unspecified atom stereocenters. The summed E-state index contributed by atoms with van der Waals surface area (Å²) in [4.78, 5) is 6.33. The molecule has 1 heterocycles. The first-order valence-corrected chi connectivity index (χ1v) is 7.00. The molecule has 90 valence electrons. The van der Waals surface area contributed by atoms with Gasteiger partial charge >= 0.3 is 0 Å². The first-order chi connectivity index (χ1) is 7.49. The van der Waals surface area contributed by atoms with Crippen molar-refractivity contribution in [1.29, 1.82) is 0 Å². The maximum absolute atomic E-state index is 5.82. The lowest BCUT2D eigenvalue weighted by Crippen LogP contribution is -2.17. The molecule has 0 aromatic carbocycles. The second-order valence-electron chi connectivity index (χ2n) is 5.98. The number of aromatic nitrogens is 1. The van der Waals surface area contributed by atoms with Crippen LogP contribution in [-0.4, -0.2) is 11.5 Å². The molecule has 2 N–H and O–H groups in total. The van der Waals surface area contributed by atoms with Gasteiger partial charge in [-0.3, -0.25) is 0 Å². The Balaban J connectivity index is 2.22. The molecule has 0 bridgehead atoms. The summed E-state index contributed by atoms with van der Waals surface area (Å²) in [5, 5.41) is 1.30. The molecule has 0 saturated heterocycles. The molecule has 0 fully saturated rings. The molecule has 1 aromatic heterocycles. The van der Waals surface area contributed by atoms with Crippen molar-refractivity contribution in [2.24, 2.45) is 11.1 Å². The second kappa shape index (κ2) is 4.46. The summed E-state index contributed by atoms with van der Waals surface area (Å²) in [6.07, 6.45) is 4.81. The van der Waals surface area contributed by atoms with Gasteiger partial charge in [-0.15, -0.1) is 11.3 Å². The molecule has 1 aliphatic carbocycles. The summed E-state index contributed by atoms with van der Waals surface area (Å²) in [5.41, 5.74) is 7.47. The molecule has 2 rings (SSSR count). The first kappa shape index (κ1) is 12.1. The zero-order chi connectivity index (χ0) is 11.8. The summed E-state index contributed by atoms with van der Waals surface area (Å²) < 4.78 is 0. The highest BCUT2D eigenvalue weighted by Crippen LogP contribution is 2.35. The number of aryl methyl sites for hydroxylation is 1. The van der Waals surface area contributed by atoms with E-state index < -0.39 is 0 Å². The summed E-state index contributed by atoms with van der Waals surface area (Å²) in [7, 11) is 0. The van der Waals surface area contributed by atoms with Gasteiger partial charge in [-0.25, -0.2) is 4.98 Å². The van der Waals surface area contributed by atoms with Crippen LogP contribution in [0.5, 0.6) is 0 Å². The lowest BCUT2D eigenvalue weighted by molar-refractivity contribution is 0.409. The van der Waals surface area contributed by atoms with E-state index in [1.54, 1.807) is 0 Å². The lowest BCUT2D eigenvalue weighted by Gasteiger charge is -2.18. The second-order valence-corrected chi connectivity index (χ2v) is 7.15. The van der Waals surface area contributed by atoms with Gasteiger partial charge in [0.05, 0.1) is 10.7 Å². The van der Waals surface area contributed by atoms with Crippen LogP contribution >= 0.6 is 11.3 Å². The zero-order valence-corrected chi connectivity index (χ0v) is 11.4. The third-order valence-corrected chi connectivity index (χ3v) is 4.21. The molecule has 0 aliphatic heterocycles. The van der Waals surface area contributed by atoms with Crippen molar-refractivity contribution in [1.82, 2.24) is 4.98 Å². The number of fused-ring (bicyclic) bond motifs is 1. The normalized spacial score (nSPS) is 20.9. The van der Waals surface area contributed by atoms with Crippen molar-refractivity contribution < 1.29 is 0 Å². The number of hydrogen-bond donors (Lipinski definition) is 1. The van der Waals surface area contributed by atoms with E-state index in [1.165, 1.54) is 34.8 Å². The molecular weight excluding hydrogens is 216 g/mol. The van der Waals surface area contributed by atoms with Gasteiger partial charge in [0.15, 0.2) is 0 Å². The van der Waals surface area contributed by atoms with E-state index in [0.29, 0.717) is 11.3 Å². The van der Waals surface area contributed by atoms with Gasteiger partial charge in [0.25, 0.3) is 0 Å². The summed E-state index contributed by atoms with van der Waals surface area (Å²) >= 11 is 1.91. The zero-order valence-electron chi connectivity index (χ0n) is 10.5. The number of rotatable bonds is 2. The van der Waals surface area contributed by atoms with E-state index in [1.807, 2.05) is 11.3 Å². The maximum Gasteiger partial charge on any atom is 0.0936 e. The van der Waals surface area contributed by atoms with Crippen molar-refractivity contribution in [2.75, 3.05) is 6.54 Å². The Hall–Kier alpha value is -0.410. The van der Waals surface area contributed by atoms with E-state index in [-0.39, 0.29) is 0 Å². The van der Waals surface area contributed by atoms with Crippen molar-refractivity contribution >= 4 is 11.3 Å². The van der Waals surface area contributed by atoms with Crippen LogP contribution in [0.2, 0.25) is 0 Å². The molecule has 1 atom stereocenters. The van der Waals surface area contributed by atoms with Crippen LogP contribution in [0.1, 0.15) is 55.1 Å². The molecular formula is C13H22N2S. The predicted octanol–water partition coefficient (Wildman–Crippen LogP) is 3.11. The number of nitrogens with two attached hydrogens (primary N) is 1. The van der Waals surface area contributed by atoms with Crippen molar-refractivity contribution in [3.8, 4) is 0 Å². The SMILES string of the molecule is CC(C)(C)Cc1nc2c(s1)CCCC2CN. The Labute approximate surface area is 102 Å². The van der Waals surface area contributed by atoms with Crippen LogP contribution in [0.25, 0.3) is 0 Å². The highest BCUT2D eigenvalue weighted by atomic mass is 32.1. The molecule has 0 amide bonds. The molecule has 0 radical (unpaired) electrons. The van der Waals surface area contributed by atoms with Crippen molar-refractivity contribution in [2.45, 2.75) is 52.4 Å². The molecule has 0 spiro atoms. The lowest BCUT2D eigenvalue weighted by atomic mass is 9.91. The fourth-order valence-corrected chi connectivity index (χ4v) is 3.81. The minimum atomic E-state index is 0.332. The molecule has 1 aliphatic rings. The van der Waals surface area contributed by atoms with Gasteiger partial charge < -0.3 is 5.73 Å². The van der Waals surface area contributed by atoms with Crippen LogP contribution in [0.4, 0.5) is 0 Å². The number of nitrogens with zero attached hydrogens (tertiary/aromatic N) is 1. The molecule has 1 aromatic rings. The van der Waals surface area contributed by atoms with Gasteiger partial charge in [0.2, 0.25) is 0 Å². The Morgan fingerprint density at radius 3 is 2.81 bits per heavy atom. The van der Waals surface area contributed by atoms with E-state index in [2.05, 4.69) is 20.8 Å². The summed E-state index contributed by atoms with van der Waals surface area (Å²) in [5.74, 6) is 0.522. The molecule has 2 nitrogen and oxygen atoms in total. The standard InChI is InChI=1S/C13H22N2S/c1-13(2,3)7-11-15-12-9(8-14)5-4-6-10(12)16-11/h9H,4-8,14H2,1-3H3. The Bertz CT molecular complexity index is 362. The Morgan fingerprint density at radius 2 is 2.19 bits per heavy atom. The fourth-order valence-electron chi connectivity index (χ4n) is 2.32. The highest BCUT2D eigenvalue weighted by Gasteiger charge is 2.24. The monoisotopic (exact) mass is 238 g/mol. The third kappa shape index (κ3) is 2.64. The maximum atomic E-state index is 5.82. The van der Waals surface area contributed by atoms with Crippen LogP contribution in [0, 0.1) is 5.41 Å². The topological polar surface area (TPSA) is 38.9 Å². The average molecular weight is 238 g/mol. The minimum Gasteiger partial charge on any atom is -0.330 e. The minimum absolute atomic E-state index is 0.332. The van der Waals surface area contributed by atoms with E-state index in [0.717, 1.165) is 13.0 Å². The Morgan fingerprint density at radius 1 is 1.44 bits per heavy atom. The smallest absolute Gasteiger partial charge is 0.0936 e. The third-order valence-electron chi connectivity index (χ3n) is 3.08. The molecule has 16 heavy (non-hydrogen) atoms. The largest absolute Gasteiger partial charge is 0.330 e. The average Bonchev–Trinajstić information content (AvgIpc) is 2.56. The highest BCUT2D eigenvalue weighted by molar-refractivity contribution is 7.11. The summed E-state index contributed by atoms with van der Waals surface area (Å²) in [6, 6.07) is 0. The van der Waals surface area contributed by atoms with Crippen LogP contribution in [0.3, 0.4) is 0 Å². The van der Waals surface area contributed by atoms with Gasteiger partial charge in [0, 0.05) is 23.8 Å². The van der Waals surface area contributed by atoms with E-state index in [9.17, 15) is 0 Å². The van der Waals surface area contributed by atoms with Crippen molar-refractivity contribution in [3.05, 3.63) is 15.6 Å². The van der Waals surface area contributed by atoms with E-state index >= 15 is 0 Å². The van der Waals surface area contributed by atoms with Crippen LogP contribution in [-0.2, 0) is 12.8 Å². The summed E-state index contributed by atoms with van der Waals surface area (Å²) in [6.45, 7) is 7.57. The molecule has 0 saturated carbocycles. The van der Waals surface area contributed by atoms with Crippen LogP contribution < -0.4 is 5.73 Å². The van der Waals surface area contributed by atoms with Gasteiger partial charge in [-0.05, 0) is 24.7 Å². The van der Waals surface area contributed by atoms with Crippen molar-refractivity contribution in [3.63, 3.8) is 0 Å². The predicted molar refractivity (Wildman–Crippen MR) is 70.0 cm³/mol.